The largest absolute Gasteiger partial charge is 0.497 e. The standard InChI is InChI=1S/C21H26N2O2.ClH/c1-16-8-10-17(11-9-16)20(23-12-3-4-13-23)15-22-21(24)18-6-5-7-19(14-18)25-2;/h5-11,14,20H,3-4,12-13,15H2,1-2H3,(H,22,24);1H. The van der Waals surface area contributed by atoms with Crippen molar-refractivity contribution in [3.05, 3.63) is 65.2 Å². The molecular formula is C21H27ClN2O2. The first-order chi connectivity index (χ1) is 12.2. The van der Waals surface area contributed by atoms with E-state index in [1.807, 2.05) is 18.2 Å². The van der Waals surface area contributed by atoms with Crippen LogP contribution in [-0.4, -0.2) is 37.6 Å². The molecule has 5 heteroatoms. The van der Waals surface area contributed by atoms with Crippen molar-refractivity contribution in [1.29, 1.82) is 0 Å². The van der Waals surface area contributed by atoms with Crippen molar-refractivity contribution in [2.75, 3.05) is 26.7 Å². The minimum Gasteiger partial charge on any atom is -0.497 e. The summed E-state index contributed by atoms with van der Waals surface area (Å²) in [5.74, 6) is 0.637. The predicted octanol–water partition coefficient (Wildman–Crippen LogP) is 3.99. The summed E-state index contributed by atoms with van der Waals surface area (Å²) < 4.78 is 5.20. The lowest BCUT2D eigenvalue weighted by Crippen LogP contribution is -2.36. The zero-order valence-corrected chi connectivity index (χ0v) is 16.2. The molecule has 0 saturated carbocycles. The first kappa shape index (κ1) is 20.3. The van der Waals surface area contributed by atoms with E-state index in [4.69, 9.17) is 4.74 Å². The fraction of sp³-hybridized carbons (Fsp3) is 0.381. The quantitative estimate of drug-likeness (QED) is 0.831. The van der Waals surface area contributed by atoms with Gasteiger partial charge in [0, 0.05) is 12.1 Å². The Balaban J connectivity index is 0.00000243. The lowest BCUT2D eigenvalue weighted by Gasteiger charge is -2.28. The van der Waals surface area contributed by atoms with E-state index in [-0.39, 0.29) is 24.4 Å². The molecule has 0 aromatic heterocycles. The Morgan fingerprint density at radius 1 is 1.15 bits per heavy atom. The SMILES string of the molecule is COc1cccc(C(=O)NCC(c2ccc(C)cc2)N2CCCC2)c1.Cl. The molecule has 1 saturated heterocycles. The zero-order chi connectivity index (χ0) is 17.6. The van der Waals surface area contributed by atoms with E-state index in [1.165, 1.54) is 24.0 Å². The highest BCUT2D eigenvalue weighted by Gasteiger charge is 2.24. The van der Waals surface area contributed by atoms with Crippen LogP contribution in [0.5, 0.6) is 5.75 Å². The number of nitrogens with zero attached hydrogens (tertiary/aromatic N) is 1. The molecule has 1 heterocycles. The number of ether oxygens (including phenoxy) is 1. The summed E-state index contributed by atoms with van der Waals surface area (Å²) in [4.78, 5) is 15.0. The minimum atomic E-state index is -0.0600. The van der Waals surface area contributed by atoms with Crippen LogP contribution in [0.15, 0.2) is 48.5 Å². The van der Waals surface area contributed by atoms with Crippen molar-refractivity contribution in [1.82, 2.24) is 10.2 Å². The van der Waals surface area contributed by atoms with Gasteiger partial charge in [0.1, 0.15) is 5.75 Å². The van der Waals surface area contributed by atoms with Crippen molar-refractivity contribution < 1.29 is 9.53 Å². The third kappa shape index (κ3) is 4.99. The summed E-state index contributed by atoms with van der Waals surface area (Å²) in [7, 11) is 1.61. The summed E-state index contributed by atoms with van der Waals surface area (Å²) >= 11 is 0. The molecule has 1 N–H and O–H groups in total. The van der Waals surface area contributed by atoms with Crippen molar-refractivity contribution >= 4 is 18.3 Å². The van der Waals surface area contributed by atoms with E-state index in [2.05, 4.69) is 41.4 Å². The number of carbonyl (C=O) groups is 1. The predicted molar refractivity (Wildman–Crippen MR) is 107 cm³/mol. The molecule has 1 aliphatic rings. The van der Waals surface area contributed by atoms with Gasteiger partial charge < -0.3 is 10.1 Å². The van der Waals surface area contributed by atoms with Crippen molar-refractivity contribution in [3.8, 4) is 5.75 Å². The highest BCUT2D eigenvalue weighted by molar-refractivity contribution is 5.94. The Bertz CT molecular complexity index is 712. The molecular weight excluding hydrogens is 348 g/mol. The molecule has 0 spiro atoms. The van der Waals surface area contributed by atoms with Crippen LogP contribution in [0.2, 0.25) is 0 Å². The van der Waals surface area contributed by atoms with E-state index in [0.29, 0.717) is 17.9 Å². The number of carbonyl (C=O) groups excluding carboxylic acids is 1. The number of aryl methyl sites for hydroxylation is 1. The summed E-state index contributed by atoms with van der Waals surface area (Å²) in [6.07, 6.45) is 2.46. The third-order valence-corrected chi connectivity index (χ3v) is 4.83. The van der Waals surface area contributed by atoms with Crippen molar-refractivity contribution in [2.24, 2.45) is 0 Å². The highest BCUT2D eigenvalue weighted by atomic mass is 35.5. The normalized spacial score (nSPS) is 15.2. The summed E-state index contributed by atoms with van der Waals surface area (Å²) in [6.45, 7) is 4.89. The molecule has 3 rings (SSSR count). The second-order valence-electron chi connectivity index (χ2n) is 6.61. The average Bonchev–Trinajstić information content (AvgIpc) is 3.17. The molecule has 2 aromatic rings. The van der Waals surface area contributed by atoms with Gasteiger partial charge in [0.25, 0.3) is 5.91 Å². The number of nitrogens with one attached hydrogen (secondary N) is 1. The Hall–Kier alpha value is -2.04. The maximum absolute atomic E-state index is 12.5. The molecule has 0 radical (unpaired) electrons. The van der Waals surface area contributed by atoms with Gasteiger partial charge in [0.2, 0.25) is 0 Å². The number of halogens is 1. The topological polar surface area (TPSA) is 41.6 Å². The first-order valence-corrected chi connectivity index (χ1v) is 8.90. The molecule has 0 bridgehead atoms. The fourth-order valence-corrected chi connectivity index (χ4v) is 3.36. The van der Waals surface area contributed by atoms with Gasteiger partial charge in [-0.2, -0.15) is 0 Å². The number of hydrogen-bond acceptors (Lipinski definition) is 3. The maximum Gasteiger partial charge on any atom is 0.251 e. The van der Waals surface area contributed by atoms with E-state index in [1.54, 1.807) is 13.2 Å². The molecule has 1 atom stereocenters. The lowest BCUT2D eigenvalue weighted by atomic mass is 10.0. The van der Waals surface area contributed by atoms with Gasteiger partial charge in [0.15, 0.2) is 0 Å². The summed E-state index contributed by atoms with van der Waals surface area (Å²) in [6, 6.07) is 16.1. The Morgan fingerprint density at radius 2 is 1.85 bits per heavy atom. The minimum absolute atomic E-state index is 0. The Labute approximate surface area is 162 Å². The first-order valence-electron chi connectivity index (χ1n) is 8.90. The third-order valence-electron chi connectivity index (χ3n) is 4.83. The number of benzene rings is 2. The molecule has 1 unspecified atom stereocenters. The van der Waals surface area contributed by atoms with Gasteiger partial charge in [-0.25, -0.2) is 0 Å². The lowest BCUT2D eigenvalue weighted by molar-refractivity contribution is 0.0937. The molecule has 140 valence electrons. The van der Waals surface area contributed by atoms with Crippen LogP contribution in [0.1, 0.15) is 40.4 Å². The van der Waals surface area contributed by atoms with Crippen LogP contribution in [0.25, 0.3) is 0 Å². The van der Waals surface area contributed by atoms with Gasteiger partial charge in [-0.15, -0.1) is 12.4 Å². The second-order valence-corrected chi connectivity index (χ2v) is 6.61. The van der Waals surface area contributed by atoms with Crippen molar-refractivity contribution in [3.63, 3.8) is 0 Å². The average molecular weight is 375 g/mol. The van der Waals surface area contributed by atoms with E-state index < -0.39 is 0 Å². The molecule has 26 heavy (non-hydrogen) atoms. The molecule has 4 nitrogen and oxygen atoms in total. The van der Waals surface area contributed by atoms with Gasteiger partial charge in [-0.05, 0) is 56.6 Å². The Kier molecular flexibility index (Phi) is 7.49. The fourth-order valence-electron chi connectivity index (χ4n) is 3.36. The second kappa shape index (κ2) is 9.60. The molecule has 1 amide bonds. The van der Waals surface area contributed by atoms with Crippen LogP contribution in [0, 0.1) is 6.92 Å². The highest BCUT2D eigenvalue weighted by Crippen LogP contribution is 2.25. The molecule has 1 fully saturated rings. The van der Waals surface area contributed by atoms with Crippen LogP contribution in [-0.2, 0) is 0 Å². The molecule has 0 aliphatic carbocycles. The van der Waals surface area contributed by atoms with Gasteiger partial charge in [0.05, 0.1) is 13.2 Å². The van der Waals surface area contributed by atoms with Gasteiger partial charge >= 0.3 is 0 Å². The monoisotopic (exact) mass is 374 g/mol. The number of methoxy groups -OCH3 is 1. The zero-order valence-electron chi connectivity index (χ0n) is 15.4. The van der Waals surface area contributed by atoms with E-state index in [0.717, 1.165) is 13.1 Å². The van der Waals surface area contributed by atoms with Crippen LogP contribution in [0.4, 0.5) is 0 Å². The van der Waals surface area contributed by atoms with Crippen LogP contribution in [0.3, 0.4) is 0 Å². The number of likely N-dealkylation sites (tertiary alicyclic amines) is 1. The summed E-state index contributed by atoms with van der Waals surface area (Å²) in [5.41, 5.74) is 3.14. The number of hydrogen-bond donors (Lipinski definition) is 1. The van der Waals surface area contributed by atoms with Crippen LogP contribution >= 0.6 is 12.4 Å². The number of amides is 1. The van der Waals surface area contributed by atoms with Crippen LogP contribution < -0.4 is 10.1 Å². The maximum atomic E-state index is 12.5. The van der Waals surface area contributed by atoms with Crippen molar-refractivity contribution in [2.45, 2.75) is 25.8 Å². The Morgan fingerprint density at radius 3 is 2.50 bits per heavy atom. The summed E-state index contributed by atoms with van der Waals surface area (Å²) in [5, 5.41) is 3.10. The number of rotatable bonds is 6. The van der Waals surface area contributed by atoms with Gasteiger partial charge in [-0.1, -0.05) is 35.9 Å². The molecule has 2 aromatic carbocycles. The van der Waals surface area contributed by atoms with Gasteiger partial charge in [-0.3, -0.25) is 9.69 Å². The smallest absolute Gasteiger partial charge is 0.251 e. The van der Waals surface area contributed by atoms with E-state index >= 15 is 0 Å². The molecule has 1 aliphatic heterocycles. The van der Waals surface area contributed by atoms with E-state index in [9.17, 15) is 4.79 Å².